The number of hydrogen-bond acceptors (Lipinski definition) is 1. The molecule has 4 unspecified atom stereocenters. The summed E-state index contributed by atoms with van der Waals surface area (Å²) < 4.78 is 0. The standard InChI is InChI=1S/C22H23Cl2NO/c1-13-3-8-16(20(24)11-13)17-9-10-18-19(12-25(2)22(18)26)21(17)14-4-6-15(23)7-5-14/h3-8,11,17-19,21H,9-10,12H2,1-2H3. The zero-order valence-electron chi connectivity index (χ0n) is 15.1. The molecule has 1 saturated heterocycles. The van der Waals surface area contributed by atoms with Gasteiger partial charge in [0.25, 0.3) is 0 Å². The fourth-order valence-corrected chi connectivity index (χ4v) is 5.49. The van der Waals surface area contributed by atoms with E-state index in [1.54, 1.807) is 0 Å². The van der Waals surface area contributed by atoms with Crippen molar-refractivity contribution in [2.75, 3.05) is 13.6 Å². The molecule has 4 heteroatoms. The molecule has 0 N–H and O–H groups in total. The first-order valence-corrected chi connectivity index (χ1v) is 9.98. The molecular formula is C22H23Cl2NO. The number of benzene rings is 2. The fourth-order valence-electron chi connectivity index (χ4n) is 4.98. The van der Waals surface area contributed by atoms with Crippen molar-refractivity contribution in [2.45, 2.75) is 31.6 Å². The van der Waals surface area contributed by atoms with Crippen LogP contribution in [0.3, 0.4) is 0 Å². The van der Waals surface area contributed by atoms with E-state index in [0.29, 0.717) is 17.7 Å². The Morgan fingerprint density at radius 1 is 1.00 bits per heavy atom. The molecule has 1 heterocycles. The summed E-state index contributed by atoms with van der Waals surface area (Å²) in [5, 5.41) is 1.58. The predicted octanol–water partition coefficient (Wildman–Crippen LogP) is 5.67. The summed E-state index contributed by atoms with van der Waals surface area (Å²) in [4.78, 5) is 14.5. The van der Waals surface area contributed by atoms with Gasteiger partial charge in [-0.3, -0.25) is 4.79 Å². The summed E-state index contributed by atoms with van der Waals surface area (Å²) in [7, 11) is 1.92. The van der Waals surface area contributed by atoms with E-state index < -0.39 is 0 Å². The largest absolute Gasteiger partial charge is 0.345 e. The van der Waals surface area contributed by atoms with Crippen LogP contribution in [0.15, 0.2) is 42.5 Å². The highest BCUT2D eigenvalue weighted by Gasteiger charge is 2.49. The average molecular weight is 388 g/mol. The molecule has 4 atom stereocenters. The molecule has 2 aromatic carbocycles. The van der Waals surface area contributed by atoms with E-state index in [2.05, 4.69) is 31.2 Å². The number of rotatable bonds is 2. The van der Waals surface area contributed by atoms with Crippen LogP contribution in [-0.2, 0) is 4.79 Å². The van der Waals surface area contributed by atoms with Crippen LogP contribution in [0.5, 0.6) is 0 Å². The van der Waals surface area contributed by atoms with Crippen LogP contribution < -0.4 is 0 Å². The molecule has 1 saturated carbocycles. The second-order valence-corrected chi connectivity index (χ2v) is 8.62. The number of likely N-dealkylation sites (tertiary alicyclic amines) is 1. The van der Waals surface area contributed by atoms with Crippen LogP contribution in [0.1, 0.15) is 41.4 Å². The lowest BCUT2D eigenvalue weighted by atomic mass is 9.63. The van der Waals surface area contributed by atoms with Gasteiger partial charge in [0.15, 0.2) is 0 Å². The molecule has 0 radical (unpaired) electrons. The van der Waals surface area contributed by atoms with E-state index in [4.69, 9.17) is 23.2 Å². The van der Waals surface area contributed by atoms with Gasteiger partial charge in [0, 0.05) is 29.6 Å². The van der Waals surface area contributed by atoms with Crippen LogP contribution in [0.2, 0.25) is 10.0 Å². The lowest BCUT2D eigenvalue weighted by molar-refractivity contribution is -0.130. The number of carbonyl (C=O) groups excluding carboxylic acids is 1. The van der Waals surface area contributed by atoms with Gasteiger partial charge >= 0.3 is 0 Å². The molecule has 26 heavy (non-hydrogen) atoms. The van der Waals surface area contributed by atoms with Crippen molar-refractivity contribution in [1.82, 2.24) is 4.90 Å². The Kier molecular flexibility index (Phi) is 4.75. The third-order valence-electron chi connectivity index (χ3n) is 6.19. The van der Waals surface area contributed by atoms with Gasteiger partial charge in [-0.1, -0.05) is 47.5 Å². The van der Waals surface area contributed by atoms with Crippen LogP contribution in [0.4, 0.5) is 0 Å². The first-order valence-electron chi connectivity index (χ1n) is 9.22. The number of nitrogens with zero attached hydrogens (tertiary/aromatic N) is 1. The Morgan fingerprint density at radius 2 is 1.69 bits per heavy atom. The molecule has 2 aliphatic rings. The van der Waals surface area contributed by atoms with Gasteiger partial charge in [-0.2, -0.15) is 0 Å². The maximum absolute atomic E-state index is 12.6. The highest BCUT2D eigenvalue weighted by Crippen LogP contribution is 2.53. The summed E-state index contributed by atoms with van der Waals surface area (Å²) >= 11 is 12.8. The van der Waals surface area contributed by atoms with Gasteiger partial charge in [-0.05, 0) is 72.4 Å². The molecule has 0 spiro atoms. The Hall–Kier alpha value is -1.51. The maximum atomic E-state index is 12.6. The molecule has 0 bridgehead atoms. The number of fused-ring (bicyclic) bond motifs is 1. The Morgan fingerprint density at radius 3 is 2.38 bits per heavy atom. The number of hydrogen-bond donors (Lipinski definition) is 0. The number of aryl methyl sites for hydroxylation is 1. The van der Waals surface area contributed by atoms with E-state index in [-0.39, 0.29) is 11.8 Å². The summed E-state index contributed by atoms with van der Waals surface area (Å²) in [5.74, 6) is 1.35. The average Bonchev–Trinajstić information content (AvgIpc) is 2.90. The second kappa shape index (κ2) is 6.90. The molecule has 2 aromatic rings. The first kappa shape index (κ1) is 17.9. The molecule has 0 aromatic heterocycles. The van der Waals surface area contributed by atoms with Crippen LogP contribution in [0, 0.1) is 18.8 Å². The van der Waals surface area contributed by atoms with Crippen molar-refractivity contribution in [3.05, 3.63) is 69.2 Å². The van der Waals surface area contributed by atoms with Crippen molar-refractivity contribution in [3.8, 4) is 0 Å². The fraction of sp³-hybridized carbons (Fsp3) is 0.409. The maximum Gasteiger partial charge on any atom is 0.225 e. The minimum Gasteiger partial charge on any atom is -0.345 e. The molecule has 2 fully saturated rings. The minimum atomic E-state index is 0.126. The topological polar surface area (TPSA) is 20.3 Å². The summed E-state index contributed by atoms with van der Waals surface area (Å²) in [6, 6.07) is 14.5. The quantitative estimate of drug-likeness (QED) is 0.649. The van der Waals surface area contributed by atoms with Crippen LogP contribution in [-0.4, -0.2) is 24.4 Å². The number of halogens is 2. The van der Waals surface area contributed by atoms with Crippen molar-refractivity contribution >= 4 is 29.1 Å². The molecule has 136 valence electrons. The van der Waals surface area contributed by atoms with Crippen LogP contribution in [0.25, 0.3) is 0 Å². The van der Waals surface area contributed by atoms with Crippen molar-refractivity contribution < 1.29 is 4.79 Å². The molecular weight excluding hydrogens is 365 g/mol. The van der Waals surface area contributed by atoms with Gasteiger partial charge in [0.05, 0.1) is 0 Å². The van der Waals surface area contributed by atoms with Crippen molar-refractivity contribution in [3.63, 3.8) is 0 Å². The summed E-state index contributed by atoms with van der Waals surface area (Å²) in [6.07, 6.45) is 1.92. The zero-order chi connectivity index (χ0) is 18.4. The zero-order valence-corrected chi connectivity index (χ0v) is 16.6. The third kappa shape index (κ3) is 3.04. The predicted molar refractivity (Wildman–Crippen MR) is 107 cm³/mol. The second-order valence-electron chi connectivity index (χ2n) is 7.78. The Bertz CT molecular complexity index is 833. The van der Waals surface area contributed by atoms with Gasteiger partial charge < -0.3 is 4.90 Å². The highest BCUT2D eigenvalue weighted by atomic mass is 35.5. The smallest absolute Gasteiger partial charge is 0.225 e. The van der Waals surface area contributed by atoms with Gasteiger partial charge in [-0.15, -0.1) is 0 Å². The van der Waals surface area contributed by atoms with Gasteiger partial charge in [-0.25, -0.2) is 0 Å². The summed E-state index contributed by atoms with van der Waals surface area (Å²) in [5.41, 5.74) is 3.64. The molecule has 1 amide bonds. The van der Waals surface area contributed by atoms with Crippen LogP contribution >= 0.6 is 23.2 Å². The van der Waals surface area contributed by atoms with E-state index >= 15 is 0 Å². The number of amides is 1. The summed E-state index contributed by atoms with van der Waals surface area (Å²) in [6.45, 7) is 2.88. The third-order valence-corrected chi connectivity index (χ3v) is 6.77. The van der Waals surface area contributed by atoms with Crippen molar-refractivity contribution in [2.24, 2.45) is 11.8 Å². The van der Waals surface area contributed by atoms with Gasteiger partial charge in [0.1, 0.15) is 0 Å². The molecule has 1 aliphatic heterocycles. The SMILES string of the molecule is Cc1ccc(C2CCC3C(=O)N(C)CC3C2c2ccc(Cl)cc2)c(Cl)c1. The van der Waals surface area contributed by atoms with Crippen molar-refractivity contribution in [1.29, 1.82) is 0 Å². The lowest BCUT2D eigenvalue weighted by Gasteiger charge is -2.40. The Balaban J connectivity index is 1.79. The molecule has 1 aliphatic carbocycles. The lowest BCUT2D eigenvalue weighted by Crippen LogP contribution is -2.32. The molecule has 4 rings (SSSR count). The highest BCUT2D eigenvalue weighted by molar-refractivity contribution is 6.31. The minimum absolute atomic E-state index is 0.126. The van der Waals surface area contributed by atoms with Gasteiger partial charge in [0.2, 0.25) is 5.91 Å². The molecule has 2 nitrogen and oxygen atoms in total. The van der Waals surface area contributed by atoms with E-state index in [1.807, 2.05) is 30.1 Å². The van der Waals surface area contributed by atoms with E-state index in [1.165, 1.54) is 16.7 Å². The van der Waals surface area contributed by atoms with E-state index in [9.17, 15) is 4.79 Å². The first-order chi connectivity index (χ1) is 12.5. The monoisotopic (exact) mass is 387 g/mol. The normalized spacial score (nSPS) is 28.3. The van der Waals surface area contributed by atoms with E-state index in [0.717, 1.165) is 29.4 Å². The Labute approximate surface area is 165 Å². The number of carbonyl (C=O) groups is 1.